The molecule has 1 aliphatic carbocycles. The van der Waals surface area contributed by atoms with E-state index >= 15 is 0 Å². The van der Waals surface area contributed by atoms with Crippen LogP contribution in [0.1, 0.15) is 44.2 Å². The number of methoxy groups -OCH3 is 1. The van der Waals surface area contributed by atoms with E-state index in [1.165, 1.54) is 19.3 Å². The van der Waals surface area contributed by atoms with Gasteiger partial charge in [0.2, 0.25) is 5.88 Å². The van der Waals surface area contributed by atoms with E-state index in [-0.39, 0.29) is 12.6 Å². The maximum atomic E-state index is 10.1. The molecule has 1 saturated carbocycles. The van der Waals surface area contributed by atoms with Gasteiger partial charge in [-0.25, -0.2) is 14.5 Å². The van der Waals surface area contributed by atoms with Crippen LogP contribution in [0.3, 0.4) is 0 Å². The quantitative estimate of drug-likeness (QED) is 0.306. The van der Waals surface area contributed by atoms with E-state index < -0.39 is 5.60 Å². The number of aliphatic hydroxyl groups is 1. The summed E-state index contributed by atoms with van der Waals surface area (Å²) in [5, 5.41) is 24.2. The number of nitrogens with zero attached hydrogens (tertiary/aromatic N) is 7. The molecule has 10 nitrogen and oxygen atoms in total. The van der Waals surface area contributed by atoms with Gasteiger partial charge in [-0.1, -0.05) is 11.8 Å². The molecule has 2 bridgehead atoms. The van der Waals surface area contributed by atoms with Crippen LogP contribution in [0, 0.1) is 29.1 Å². The van der Waals surface area contributed by atoms with Gasteiger partial charge in [0.15, 0.2) is 0 Å². The molecule has 4 fully saturated rings. The predicted molar refractivity (Wildman–Crippen MR) is 165 cm³/mol. The lowest BCUT2D eigenvalue weighted by molar-refractivity contribution is -0.0272. The Bertz CT molecular complexity index is 1780. The molecule has 0 spiro atoms. The summed E-state index contributed by atoms with van der Waals surface area (Å²) in [5.74, 6) is 9.73. The smallest absolute Gasteiger partial charge is 0.214 e. The fourth-order valence-electron chi connectivity index (χ4n) is 6.35. The second-order valence-electron chi connectivity index (χ2n) is 12.6. The van der Waals surface area contributed by atoms with Crippen LogP contribution in [0.4, 0.5) is 5.82 Å². The Hall–Kier alpha value is -4.64. The number of fused-ring (bicyclic) bond motifs is 3. The largest absolute Gasteiger partial charge is 0.489 e. The molecule has 3 aliphatic heterocycles. The van der Waals surface area contributed by atoms with Gasteiger partial charge in [-0.15, -0.1) is 0 Å². The first-order chi connectivity index (χ1) is 21.3. The van der Waals surface area contributed by atoms with Crippen molar-refractivity contribution in [1.82, 2.24) is 24.5 Å². The highest BCUT2D eigenvalue weighted by atomic mass is 16.5. The molecule has 3 atom stereocenters. The number of anilines is 1. The van der Waals surface area contributed by atoms with Gasteiger partial charge in [0.25, 0.3) is 0 Å². The molecule has 7 heterocycles. The third kappa shape index (κ3) is 5.55. The van der Waals surface area contributed by atoms with Gasteiger partial charge in [0.05, 0.1) is 42.2 Å². The van der Waals surface area contributed by atoms with Crippen molar-refractivity contribution >= 4 is 11.3 Å². The minimum absolute atomic E-state index is 0.126. The van der Waals surface area contributed by atoms with Crippen molar-refractivity contribution in [3.05, 3.63) is 66.2 Å². The highest BCUT2D eigenvalue weighted by Crippen LogP contribution is 2.44. The monoisotopic (exact) mass is 589 g/mol. The summed E-state index contributed by atoms with van der Waals surface area (Å²) in [6, 6.07) is 13.2. The Morgan fingerprint density at radius 3 is 2.61 bits per heavy atom. The Kier molecular flexibility index (Phi) is 7.12. The fourth-order valence-corrected chi connectivity index (χ4v) is 6.35. The third-order valence-corrected chi connectivity index (χ3v) is 8.63. The number of nitriles is 1. The van der Waals surface area contributed by atoms with Gasteiger partial charge in [0.1, 0.15) is 24.2 Å². The maximum Gasteiger partial charge on any atom is 0.214 e. The Balaban J connectivity index is 1.09. The van der Waals surface area contributed by atoms with Crippen LogP contribution in [0.15, 0.2) is 55.1 Å². The minimum atomic E-state index is -0.982. The molecular formula is C34H35N7O3. The summed E-state index contributed by atoms with van der Waals surface area (Å²) in [4.78, 5) is 14.1. The van der Waals surface area contributed by atoms with Crippen LogP contribution in [0.2, 0.25) is 0 Å². The van der Waals surface area contributed by atoms with Gasteiger partial charge < -0.3 is 19.5 Å². The maximum absolute atomic E-state index is 10.1. The zero-order chi connectivity index (χ0) is 30.4. The fraction of sp³-hybridized carbons (Fsp3) is 0.412. The summed E-state index contributed by atoms with van der Waals surface area (Å²) in [7, 11) is 1.62. The lowest BCUT2D eigenvalue weighted by atomic mass is 9.84. The summed E-state index contributed by atoms with van der Waals surface area (Å²) >= 11 is 0. The first-order valence-corrected chi connectivity index (χ1v) is 15.1. The molecule has 10 heteroatoms. The average Bonchev–Trinajstić information content (AvgIpc) is 3.80. The number of piperazine rings is 1. The van der Waals surface area contributed by atoms with Crippen molar-refractivity contribution in [3.8, 4) is 40.7 Å². The van der Waals surface area contributed by atoms with Gasteiger partial charge in [0, 0.05) is 60.3 Å². The second-order valence-corrected chi connectivity index (χ2v) is 12.6. The molecule has 4 aliphatic rings. The standard InChI is InChI=1S/C34H35N7O3/c1-34(2,42)21-44-28-14-29(33-25(15-35)17-38-40(33)20-28)24-7-9-31(37-16-24)39-18-26-13-27(19-39)41(26)30(23-5-6-23)8-4-22-10-11-36-32(12-22)43-3/h7,9-12,14,16-17,20,23,26-27,30,42H,5-6,13,18-19,21H2,1-3H3. The van der Waals surface area contributed by atoms with Crippen LogP contribution in [-0.4, -0.2) is 80.1 Å². The lowest BCUT2D eigenvalue weighted by Gasteiger charge is -2.58. The Morgan fingerprint density at radius 1 is 1.11 bits per heavy atom. The number of rotatable bonds is 8. The SMILES string of the molecule is COc1cc(C#CC(C2CC2)N2C3CC2CN(c2ccc(-c4cc(OCC(C)(C)O)cn5ncc(C#N)c45)cn2)C3)ccn1. The first-order valence-electron chi connectivity index (χ1n) is 15.1. The van der Waals surface area contributed by atoms with E-state index in [0.717, 1.165) is 35.6 Å². The molecule has 0 radical (unpaired) electrons. The van der Waals surface area contributed by atoms with Crippen molar-refractivity contribution in [1.29, 1.82) is 5.26 Å². The number of piperidine rings is 1. The van der Waals surface area contributed by atoms with Crippen molar-refractivity contribution in [2.75, 3.05) is 31.7 Å². The molecule has 3 unspecified atom stereocenters. The Labute approximate surface area is 256 Å². The zero-order valence-corrected chi connectivity index (χ0v) is 25.1. The average molecular weight is 590 g/mol. The normalized spacial score (nSPS) is 20.3. The highest BCUT2D eigenvalue weighted by molar-refractivity contribution is 5.85. The molecule has 3 saturated heterocycles. The zero-order valence-electron chi connectivity index (χ0n) is 25.1. The number of hydrogen-bond acceptors (Lipinski definition) is 9. The van der Waals surface area contributed by atoms with Gasteiger partial charge in [-0.05, 0) is 63.3 Å². The lowest BCUT2D eigenvalue weighted by Crippen LogP contribution is -2.71. The topological polar surface area (TPSA) is 112 Å². The number of hydrogen-bond donors (Lipinski definition) is 1. The molecule has 4 aromatic heterocycles. The van der Waals surface area contributed by atoms with E-state index in [1.54, 1.807) is 44.1 Å². The van der Waals surface area contributed by atoms with Crippen molar-refractivity contribution in [3.63, 3.8) is 0 Å². The summed E-state index contributed by atoms with van der Waals surface area (Å²) in [6.45, 7) is 5.35. The van der Waals surface area contributed by atoms with Crippen molar-refractivity contribution in [2.45, 2.75) is 56.8 Å². The molecule has 224 valence electrons. The van der Waals surface area contributed by atoms with E-state index in [4.69, 9.17) is 14.5 Å². The van der Waals surface area contributed by atoms with E-state index in [2.05, 4.69) is 43.9 Å². The van der Waals surface area contributed by atoms with Crippen LogP contribution >= 0.6 is 0 Å². The van der Waals surface area contributed by atoms with E-state index in [1.807, 2.05) is 30.5 Å². The van der Waals surface area contributed by atoms with E-state index in [0.29, 0.717) is 40.7 Å². The number of aromatic nitrogens is 4. The van der Waals surface area contributed by atoms with Crippen LogP contribution in [-0.2, 0) is 0 Å². The van der Waals surface area contributed by atoms with E-state index in [9.17, 15) is 10.4 Å². The predicted octanol–water partition coefficient (Wildman–Crippen LogP) is 3.91. The first kappa shape index (κ1) is 28.1. The van der Waals surface area contributed by atoms with Crippen LogP contribution in [0.5, 0.6) is 11.6 Å². The molecule has 44 heavy (non-hydrogen) atoms. The van der Waals surface area contributed by atoms with Crippen molar-refractivity contribution < 1.29 is 14.6 Å². The molecule has 1 N–H and O–H groups in total. The highest BCUT2D eigenvalue weighted by Gasteiger charge is 2.51. The molecule has 8 rings (SSSR count). The molecule has 0 aromatic carbocycles. The summed E-state index contributed by atoms with van der Waals surface area (Å²) in [6.07, 6.45) is 10.6. The second kappa shape index (κ2) is 11.1. The van der Waals surface area contributed by atoms with Crippen LogP contribution < -0.4 is 14.4 Å². The van der Waals surface area contributed by atoms with Crippen LogP contribution in [0.25, 0.3) is 16.6 Å². The van der Waals surface area contributed by atoms with Crippen molar-refractivity contribution in [2.24, 2.45) is 5.92 Å². The molecule has 4 aromatic rings. The Morgan fingerprint density at radius 2 is 1.93 bits per heavy atom. The minimum Gasteiger partial charge on any atom is -0.489 e. The van der Waals surface area contributed by atoms with Gasteiger partial charge in [-0.3, -0.25) is 4.90 Å². The summed E-state index contributed by atoms with van der Waals surface area (Å²) < 4.78 is 12.8. The van der Waals surface area contributed by atoms with Gasteiger partial charge >= 0.3 is 0 Å². The molecular weight excluding hydrogens is 554 g/mol. The number of pyridine rings is 3. The molecule has 0 amide bonds. The summed E-state index contributed by atoms with van der Waals surface area (Å²) in [5.41, 5.74) is 2.80. The van der Waals surface area contributed by atoms with Gasteiger partial charge in [-0.2, -0.15) is 10.4 Å². The third-order valence-electron chi connectivity index (χ3n) is 8.63. The number of ether oxygens (including phenoxy) is 2.